The van der Waals surface area contributed by atoms with Gasteiger partial charge in [-0.3, -0.25) is 9.59 Å². The van der Waals surface area contributed by atoms with Gasteiger partial charge in [-0.2, -0.15) is 0 Å². The van der Waals surface area contributed by atoms with Gasteiger partial charge >= 0.3 is 0 Å². The molecule has 0 radical (unpaired) electrons. The maximum atomic E-state index is 13.3. The van der Waals surface area contributed by atoms with Crippen molar-refractivity contribution in [3.8, 4) is 0 Å². The van der Waals surface area contributed by atoms with Gasteiger partial charge in [0, 0.05) is 36.0 Å². The number of ketones is 2. The van der Waals surface area contributed by atoms with Crippen molar-refractivity contribution in [2.75, 3.05) is 0 Å². The van der Waals surface area contributed by atoms with Crippen LogP contribution in [0, 0.1) is 0 Å². The molecule has 0 heterocycles. The Morgan fingerprint density at radius 2 is 0.931 bits per heavy atom. The molecule has 0 aliphatic heterocycles. The van der Waals surface area contributed by atoms with Crippen LogP contribution in [0.15, 0.2) is 86.3 Å². The van der Waals surface area contributed by atoms with E-state index in [0.29, 0.717) is 36.0 Å². The summed E-state index contributed by atoms with van der Waals surface area (Å²) in [5.41, 5.74) is 0.677. The molecule has 3 aromatic rings. The van der Waals surface area contributed by atoms with E-state index in [-0.39, 0.29) is 11.6 Å². The van der Waals surface area contributed by atoms with Crippen LogP contribution in [0.25, 0.3) is 0 Å². The first kappa shape index (κ1) is 20.6. The van der Waals surface area contributed by atoms with Crippen molar-refractivity contribution in [1.82, 2.24) is 0 Å². The van der Waals surface area contributed by atoms with Gasteiger partial charge in [0.05, 0.1) is 9.81 Å². The summed E-state index contributed by atoms with van der Waals surface area (Å²) >= 11 is 20.5. The lowest BCUT2D eigenvalue weighted by molar-refractivity contribution is 0.0988. The van der Waals surface area contributed by atoms with E-state index in [1.807, 2.05) is 24.3 Å². The highest BCUT2D eigenvalue weighted by Crippen LogP contribution is 2.44. The van der Waals surface area contributed by atoms with Gasteiger partial charge in [-0.05, 0) is 66.7 Å². The molecule has 0 amide bonds. The van der Waals surface area contributed by atoms with Crippen molar-refractivity contribution in [1.29, 1.82) is 0 Å². The van der Waals surface area contributed by atoms with Crippen molar-refractivity contribution < 1.29 is 9.59 Å². The summed E-state index contributed by atoms with van der Waals surface area (Å²) in [5.74, 6) is -0.425. The fourth-order valence-electron chi connectivity index (χ4n) is 2.78. The summed E-state index contributed by atoms with van der Waals surface area (Å²) in [5, 5.41) is 1.61. The fraction of sp³-hybridized carbons (Fsp3) is 0. The molecule has 0 aromatic heterocycles. The first-order valence-electron chi connectivity index (χ1n) is 8.42. The van der Waals surface area contributed by atoms with Gasteiger partial charge in [0.2, 0.25) is 11.6 Å². The molecule has 7 heteroatoms. The molecule has 2 nitrogen and oxygen atoms in total. The Bertz CT molecular complexity index is 1150. The average molecular weight is 478 g/mol. The molecule has 0 atom stereocenters. The molecule has 1 aliphatic carbocycles. The lowest BCUT2D eigenvalue weighted by Crippen LogP contribution is -2.19. The van der Waals surface area contributed by atoms with Crippen molar-refractivity contribution in [3.63, 3.8) is 0 Å². The maximum absolute atomic E-state index is 13.3. The Labute approximate surface area is 191 Å². The molecule has 4 rings (SSSR count). The van der Waals surface area contributed by atoms with Crippen LogP contribution >= 0.6 is 58.3 Å². The molecule has 3 aromatic carbocycles. The topological polar surface area (TPSA) is 34.1 Å². The number of thioether (sulfide) groups is 2. The van der Waals surface area contributed by atoms with Crippen LogP contribution in [0.1, 0.15) is 20.7 Å². The number of fused-ring (bicyclic) bond motifs is 1. The summed E-state index contributed by atoms with van der Waals surface area (Å²) in [7, 11) is 0. The summed E-state index contributed by atoms with van der Waals surface area (Å²) in [6.45, 7) is 0. The number of halogens is 3. The Morgan fingerprint density at radius 3 is 1.41 bits per heavy atom. The molecule has 0 bridgehead atoms. The zero-order chi connectivity index (χ0) is 20.5. The quantitative estimate of drug-likeness (QED) is 0.383. The predicted molar refractivity (Wildman–Crippen MR) is 122 cm³/mol. The third kappa shape index (κ3) is 4.42. The van der Waals surface area contributed by atoms with Crippen LogP contribution in [-0.4, -0.2) is 11.6 Å². The number of benzene rings is 3. The van der Waals surface area contributed by atoms with Crippen molar-refractivity contribution >= 4 is 69.9 Å². The second kappa shape index (κ2) is 8.58. The average Bonchev–Trinajstić information content (AvgIpc) is 2.71. The van der Waals surface area contributed by atoms with E-state index >= 15 is 0 Å². The Hall–Kier alpha value is -1.69. The molecule has 0 N–H and O–H groups in total. The zero-order valence-corrected chi connectivity index (χ0v) is 18.5. The minimum absolute atomic E-state index is 0.201. The number of hydrogen-bond donors (Lipinski definition) is 0. The fourth-order valence-corrected chi connectivity index (χ4v) is 5.25. The van der Waals surface area contributed by atoms with Crippen LogP contribution in [0.3, 0.4) is 0 Å². The van der Waals surface area contributed by atoms with Crippen LogP contribution < -0.4 is 0 Å². The molecular weight excluding hydrogens is 467 g/mol. The van der Waals surface area contributed by atoms with Gasteiger partial charge in [-0.25, -0.2) is 0 Å². The van der Waals surface area contributed by atoms with E-state index in [2.05, 4.69) is 0 Å². The van der Waals surface area contributed by atoms with Crippen molar-refractivity contribution in [2.24, 2.45) is 0 Å². The number of Topliss-reactive ketones (excluding diaryl/α,β-unsaturated/α-hetero) is 2. The second-order valence-electron chi connectivity index (χ2n) is 6.12. The third-order valence-corrected chi connectivity index (χ3v) is 7.23. The van der Waals surface area contributed by atoms with E-state index in [1.165, 1.54) is 23.5 Å². The van der Waals surface area contributed by atoms with Gasteiger partial charge < -0.3 is 0 Å². The molecule has 0 unspecified atom stereocenters. The largest absolute Gasteiger partial charge is 0.288 e. The van der Waals surface area contributed by atoms with Gasteiger partial charge in [0.25, 0.3) is 0 Å². The number of carbonyl (C=O) groups is 2. The summed E-state index contributed by atoms with van der Waals surface area (Å²) < 4.78 is 0. The molecular formula is C22H11Cl3O2S2. The molecule has 0 saturated carbocycles. The van der Waals surface area contributed by atoms with E-state index in [4.69, 9.17) is 34.8 Å². The van der Waals surface area contributed by atoms with Crippen molar-refractivity contribution in [3.05, 3.63) is 103 Å². The summed E-state index contributed by atoms with van der Waals surface area (Å²) in [6, 6.07) is 19.0. The predicted octanol–water partition coefficient (Wildman–Crippen LogP) is 7.82. The molecule has 0 saturated heterocycles. The first-order chi connectivity index (χ1) is 13.9. The number of allylic oxidation sites excluding steroid dienone is 2. The van der Waals surface area contributed by atoms with Crippen LogP contribution in [0.4, 0.5) is 0 Å². The molecule has 29 heavy (non-hydrogen) atoms. The van der Waals surface area contributed by atoms with E-state index in [1.54, 1.807) is 42.5 Å². The monoisotopic (exact) mass is 476 g/mol. The van der Waals surface area contributed by atoms with Crippen LogP contribution in [0.2, 0.25) is 15.1 Å². The third-order valence-electron chi connectivity index (χ3n) is 4.16. The number of hydrogen-bond acceptors (Lipinski definition) is 4. The summed E-state index contributed by atoms with van der Waals surface area (Å²) in [6.07, 6.45) is 0. The Morgan fingerprint density at radius 1 is 0.517 bits per heavy atom. The SMILES string of the molecule is O=C1C(Sc2ccc(Cl)cc2)=C(Sc2ccc(Cl)cc2)C(=O)c2cc(Cl)ccc21. The summed E-state index contributed by atoms with van der Waals surface area (Å²) in [4.78, 5) is 28.9. The molecule has 144 valence electrons. The van der Waals surface area contributed by atoms with Crippen LogP contribution in [-0.2, 0) is 0 Å². The lowest BCUT2D eigenvalue weighted by Gasteiger charge is -2.20. The van der Waals surface area contributed by atoms with Gasteiger partial charge in [-0.1, -0.05) is 58.3 Å². The zero-order valence-electron chi connectivity index (χ0n) is 14.6. The van der Waals surface area contributed by atoms with E-state index < -0.39 is 0 Å². The number of carbonyl (C=O) groups excluding carboxylic acids is 2. The lowest BCUT2D eigenvalue weighted by atomic mass is 9.94. The molecule has 0 spiro atoms. The molecule has 0 fully saturated rings. The Kier molecular flexibility index (Phi) is 6.09. The van der Waals surface area contributed by atoms with E-state index in [9.17, 15) is 9.59 Å². The van der Waals surface area contributed by atoms with Crippen LogP contribution in [0.5, 0.6) is 0 Å². The normalized spacial score (nSPS) is 13.6. The minimum Gasteiger partial charge on any atom is -0.288 e. The maximum Gasteiger partial charge on any atom is 0.201 e. The second-order valence-corrected chi connectivity index (χ2v) is 9.60. The highest BCUT2D eigenvalue weighted by molar-refractivity contribution is 8.08. The van der Waals surface area contributed by atoms with Gasteiger partial charge in [-0.15, -0.1) is 0 Å². The highest BCUT2D eigenvalue weighted by Gasteiger charge is 2.33. The van der Waals surface area contributed by atoms with E-state index in [0.717, 1.165) is 9.79 Å². The van der Waals surface area contributed by atoms with Gasteiger partial charge in [0.1, 0.15) is 0 Å². The smallest absolute Gasteiger partial charge is 0.201 e. The molecule has 1 aliphatic rings. The minimum atomic E-state index is -0.224. The standard InChI is InChI=1S/C22H11Cl3O2S2/c23-12-1-6-15(7-2-12)28-21-19(26)17-10-5-14(25)11-18(17)20(27)22(21)29-16-8-3-13(24)4-9-16/h1-11H. The Balaban J connectivity index is 1.81. The first-order valence-corrected chi connectivity index (χ1v) is 11.2. The van der Waals surface area contributed by atoms with Gasteiger partial charge in [0.15, 0.2) is 0 Å². The van der Waals surface area contributed by atoms with Crippen molar-refractivity contribution in [2.45, 2.75) is 9.79 Å². The number of rotatable bonds is 4. The highest BCUT2D eigenvalue weighted by atomic mass is 35.5.